The minimum atomic E-state index is -4.54. The van der Waals surface area contributed by atoms with E-state index >= 15 is 0 Å². The molecule has 4 aromatic carbocycles. The van der Waals surface area contributed by atoms with E-state index < -0.39 is 34.4 Å². The van der Waals surface area contributed by atoms with Crippen molar-refractivity contribution in [2.24, 2.45) is 0 Å². The van der Waals surface area contributed by atoms with Crippen LogP contribution in [0.3, 0.4) is 0 Å². The number of likely N-dealkylation sites (N-methyl/N-ethyl adjacent to an activating group) is 1. The van der Waals surface area contributed by atoms with E-state index in [0.29, 0.717) is 17.1 Å². The number of benzene rings is 4. The molecule has 4 aromatic rings. The number of ether oxygens (including phenoxy) is 4. The van der Waals surface area contributed by atoms with Crippen molar-refractivity contribution in [2.45, 2.75) is 23.9 Å². The van der Waals surface area contributed by atoms with Gasteiger partial charge < -0.3 is 29.2 Å². The van der Waals surface area contributed by atoms with Gasteiger partial charge in [0.15, 0.2) is 11.5 Å². The zero-order valence-electron chi connectivity index (χ0n) is 27.6. The molecule has 0 bridgehead atoms. The number of nitrogens with one attached hydrogen (secondary N) is 1. The standard InChI is InChI=1S/C35H37Cl2N3O8S/c1-38-35(42)30(18-23-10-7-6-8-11-23)39(21-26-27(36)12-9-13-28(26)37)34(41)22-40(29-19-24(45-2)14-16-31(29)46-3)49(43,44)25-15-17-32(47-4)33(20-25)48-5/h6-17,19-20,30H,18,21-22H2,1-5H3,(H,38,42)/t30-/m1/s1. The Hall–Kier alpha value is -4.65. The van der Waals surface area contributed by atoms with Crippen LogP contribution in [0.4, 0.5) is 5.69 Å². The second kappa shape index (κ2) is 16.6. The lowest BCUT2D eigenvalue weighted by atomic mass is 10.0. The molecule has 1 atom stereocenters. The summed E-state index contributed by atoms with van der Waals surface area (Å²) in [6, 6.07) is 21.6. The molecule has 0 spiro atoms. The third kappa shape index (κ3) is 8.51. The van der Waals surface area contributed by atoms with Crippen LogP contribution < -0.4 is 28.6 Å². The second-order valence-electron chi connectivity index (χ2n) is 10.6. The van der Waals surface area contributed by atoms with E-state index in [9.17, 15) is 18.0 Å². The largest absolute Gasteiger partial charge is 0.497 e. The summed E-state index contributed by atoms with van der Waals surface area (Å²) in [5, 5.41) is 3.18. The van der Waals surface area contributed by atoms with Gasteiger partial charge in [-0.05, 0) is 42.0 Å². The van der Waals surface area contributed by atoms with Crippen molar-refractivity contribution in [2.75, 3.05) is 46.3 Å². The fourth-order valence-electron chi connectivity index (χ4n) is 5.18. The van der Waals surface area contributed by atoms with Crippen LogP contribution in [0.5, 0.6) is 23.0 Å². The number of carbonyl (C=O) groups is 2. The van der Waals surface area contributed by atoms with Gasteiger partial charge in [-0.25, -0.2) is 8.42 Å². The van der Waals surface area contributed by atoms with E-state index in [0.717, 1.165) is 9.87 Å². The number of hydrogen-bond acceptors (Lipinski definition) is 8. The van der Waals surface area contributed by atoms with Crippen LogP contribution in [0, 0.1) is 0 Å². The molecule has 2 amide bonds. The summed E-state index contributed by atoms with van der Waals surface area (Å²) in [5.74, 6) is -0.290. The highest BCUT2D eigenvalue weighted by atomic mass is 35.5. The molecule has 11 nitrogen and oxygen atoms in total. The monoisotopic (exact) mass is 729 g/mol. The van der Waals surface area contributed by atoms with Crippen LogP contribution in [0.25, 0.3) is 0 Å². The van der Waals surface area contributed by atoms with Crippen LogP contribution in [-0.2, 0) is 32.6 Å². The van der Waals surface area contributed by atoms with Gasteiger partial charge in [-0.1, -0.05) is 59.6 Å². The molecule has 0 heterocycles. The summed E-state index contributed by atoms with van der Waals surface area (Å²) < 4.78 is 51.7. The van der Waals surface area contributed by atoms with Crippen molar-refractivity contribution in [1.29, 1.82) is 0 Å². The summed E-state index contributed by atoms with van der Waals surface area (Å²) >= 11 is 13.1. The van der Waals surface area contributed by atoms with E-state index in [4.69, 9.17) is 42.1 Å². The Balaban J connectivity index is 1.91. The predicted molar refractivity (Wildman–Crippen MR) is 189 cm³/mol. The highest BCUT2D eigenvalue weighted by Crippen LogP contribution is 2.38. The molecule has 0 aromatic heterocycles. The van der Waals surface area contributed by atoms with Crippen molar-refractivity contribution >= 4 is 50.7 Å². The van der Waals surface area contributed by atoms with Gasteiger partial charge in [0.2, 0.25) is 11.8 Å². The molecule has 0 aliphatic rings. The van der Waals surface area contributed by atoms with Gasteiger partial charge in [0.05, 0.1) is 39.0 Å². The zero-order valence-corrected chi connectivity index (χ0v) is 29.9. The van der Waals surface area contributed by atoms with Crippen molar-refractivity contribution in [3.8, 4) is 23.0 Å². The first-order chi connectivity index (χ1) is 23.5. The van der Waals surface area contributed by atoms with Gasteiger partial charge in [-0.2, -0.15) is 0 Å². The first-order valence-electron chi connectivity index (χ1n) is 14.9. The molecule has 0 aliphatic heterocycles. The van der Waals surface area contributed by atoms with Crippen molar-refractivity contribution < 1.29 is 37.0 Å². The predicted octanol–water partition coefficient (Wildman–Crippen LogP) is 5.61. The maximum atomic E-state index is 14.7. The Morgan fingerprint density at radius 2 is 1.41 bits per heavy atom. The van der Waals surface area contributed by atoms with E-state index in [1.54, 1.807) is 24.3 Å². The van der Waals surface area contributed by atoms with Gasteiger partial charge in [0.1, 0.15) is 24.1 Å². The van der Waals surface area contributed by atoms with Gasteiger partial charge >= 0.3 is 0 Å². The molecule has 4 rings (SSSR count). The zero-order chi connectivity index (χ0) is 35.7. The van der Waals surface area contributed by atoms with Gasteiger partial charge in [0.25, 0.3) is 10.0 Å². The van der Waals surface area contributed by atoms with E-state index in [2.05, 4.69) is 5.32 Å². The summed E-state index contributed by atoms with van der Waals surface area (Å²) in [7, 11) is 2.53. The van der Waals surface area contributed by atoms with Crippen LogP contribution in [0.1, 0.15) is 11.1 Å². The minimum absolute atomic E-state index is 0.0141. The number of carbonyl (C=O) groups excluding carboxylic acids is 2. The van der Waals surface area contributed by atoms with Crippen LogP contribution in [-0.4, -0.2) is 73.2 Å². The number of sulfonamides is 1. The van der Waals surface area contributed by atoms with Crippen LogP contribution in [0.15, 0.2) is 89.8 Å². The molecular formula is C35H37Cl2N3O8S. The fourth-order valence-corrected chi connectivity index (χ4v) is 7.13. The molecule has 0 radical (unpaired) electrons. The maximum Gasteiger partial charge on any atom is 0.265 e. The fraction of sp³-hybridized carbons (Fsp3) is 0.257. The van der Waals surface area contributed by atoms with Crippen molar-refractivity contribution in [3.63, 3.8) is 0 Å². The van der Waals surface area contributed by atoms with Gasteiger partial charge in [0, 0.05) is 47.8 Å². The lowest BCUT2D eigenvalue weighted by Gasteiger charge is -2.34. The Bertz CT molecular complexity index is 1870. The third-order valence-corrected chi connectivity index (χ3v) is 10.2. The molecule has 14 heteroatoms. The number of halogens is 2. The Labute approximate surface area is 296 Å². The smallest absolute Gasteiger partial charge is 0.265 e. The molecule has 260 valence electrons. The third-order valence-electron chi connectivity index (χ3n) is 7.78. The van der Waals surface area contributed by atoms with Crippen LogP contribution in [0.2, 0.25) is 10.0 Å². The number of hydrogen-bond donors (Lipinski definition) is 1. The van der Waals surface area contributed by atoms with E-state index in [-0.39, 0.29) is 45.1 Å². The molecule has 1 N–H and O–H groups in total. The second-order valence-corrected chi connectivity index (χ2v) is 13.3. The summed E-state index contributed by atoms with van der Waals surface area (Å²) in [6.07, 6.45) is 0.110. The molecule has 0 saturated heterocycles. The van der Waals surface area contributed by atoms with Gasteiger partial charge in [-0.3, -0.25) is 13.9 Å². The summed E-state index contributed by atoms with van der Waals surface area (Å²) in [4.78, 5) is 29.3. The summed E-state index contributed by atoms with van der Waals surface area (Å²) in [6.45, 7) is -0.966. The lowest BCUT2D eigenvalue weighted by molar-refractivity contribution is -0.139. The van der Waals surface area contributed by atoms with E-state index in [1.807, 2.05) is 30.3 Å². The normalized spacial score (nSPS) is 11.7. The molecule has 0 fully saturated rings. The Morgan fingerprint density at radius 3 is 2.00 bits per heavy atom. The average molecular weight is 731 g/mol. The van der Waals surface area contributed by atoms with Crippen LogP contribution >= 0.6 is 23.2 Å². The molecule has 0 unspecified atom stereocenters. The highest BCUT2D eigenvalue weighted by Gasteiger charge is 2.36. The molecule has 0 saturated carbocycles. The number of anilines is 1. The van der Waals surface area contributed by atoms with Gasteiger partial charge in [-0.15, -0.1) is 0 Å². The number of amides is 2. The number of rotatable bonds is 15. The molecule has 49 heavy (non-hydrogen) atoms. The van der Waals surface area contributed by atoms with E-state index in [1.165, 1.54) is 70.7 Å². The molecular weight excluding hydrogens is 693 g/mol. The Morgan fingerprint density at radius 1 is 0.776 bits per heavy atom. The Kier molecular flexibility index (Phi) is 12.6. The first kappa shape index (κ1) is 37.2. The molecule has 0 aliphatic carbocycles. The number of nitrogens with zero attached hydrogens (tertiary/aromatic N) is 2. The first-order valence-corrected chi connectivity index (χ1v) is 17.1. The SMILES string of the molecule is CNC(=O)[C@@H](Cc1ccccc1)N(Cc1c(Cl)cccc1Cl)C(=O)CN(c1cc(OC)ccc1OC)S(=O)(=O)c1ccc(OC)c(OC)c1. The van der Waals surface area contributed by atoms with Crippen molar-refractivity contribution in [3.05, 3.63) is 106 Å². The quantitative estimate of drug-likeness (QED) is 0.168. The highest BCUT2D eigenvalue weighted by molar-refractivity contribution is 7.92. The summed E-state index contributed by atoms with van der Waals surface area (Å²) in [5.41, 5.74) is 1.16. The lowest BCUT2D eigenvalue weighted by Crippen LogP contribution is -2.53. The number of methoxy groups -OCH3 is 4. The topological polar surface area (TPSA) is 124 Å². The average Bonchev–Trinajstić information content (AvgIpc) is 3.12. The van der Waals surface area contributed by atoms with Crippen molar-refractivity contribution in [1.82, 2.24) is 10.2 Å². The maximum absolute atomic E-state index is 14.7. The minimum Gasteiger partial charge on any atom is -0.497 e.